The van der Waals surface area contributed by atoms with E-state index in [1.165, 1.54) is 19.8 Å². The van der Waals surface area contributed by atoms with Crippen LogP contribution in [0.25, 0.3) is 0 Å². The fourth-order valence-corrected chi connectivity index (χ4v) is 9.07. The number of hydrogen-bond donors (Lipinski definition) is 0. The van der Waals surface area contributed by atoms with Crippen molar-refractivity contribution in [1.82, 2.24) is 4.90 Å². The topological polar surface area (TPSA) is 74.3 Å². The van der Waals surface area contributed by atoms with Crippen molar-refractivity contribution in [2.24, 2.45) is 23.2 Å². The number of esters is 2. The lowest BCUT2D eigenvalue weighted by molar-refractivity contribution is -0.227. The van der Waals surface area contributed by atoms with Crippen LogP contribution < -0.4 is 9.47 Å². The van der Waals surface area contributed by atoms with Crippen LogP contribution in [0.5, 0.6) is 11.5 Å². The number of nitrogens with zero attached hydrogens (tertiary/aromatic N) is 1. The van der Waals surface area contributed by atoms with Crippen molar-refractivity contribution in [3.63, 3.8) is 0 Å². The summed E-state index contributed by atoms with van der Waals surface area (Å²) in [5.74, 6) is -1.60. The van der Waals surface area contributed by atoms with Crippen LogP contribution in [-0.4, -0.2) is 63.4 Å². The fourth-order valence-electron chi connectivity index (χ4n) is 8.54. The molecule has 7 atom stereocenters. The van der Waals surface area contributed by atoms with Crippen LogP contribution in [0.1, 0.15) is 24.5 Å². The lowest BCUT2D eigenvalue weighted by Gasteiger charge is -2.73. The van der Waals surface area contributed by atoms with Gasteiger partial charge in [-0.25, -0.2) is 0 Å². The van der Waals surface area contributed by atoms with Gasteiger partial charge in [0.15, 0.2) is 11.5 Å². The Balaban J connectivity index is 1.77. The summed E-state index contributed by atoms with van der Waals surface area (Å²) < 4.78 is 23.2. The molecule has 4 bridgehead atoms. The number of halogens is 1. The Labute approximate surface area is 197 Å². The molecule has 2 heterocycles. The Hall–Kier alpha value is -2.25. The lowest BCUT2D eigenvalue weighted by Crippen LogP contribution is -2.82. The van der Waals surface area contributed by atoms with Crippen molar-refractivity contribution in [3.05, 3.63) is 34.4 Å². The van der Waals surface area contributed by atoms with Gasteiger partial charge < -0.3 is 23.8 Å². The molecule has 1 aromatic carbocycles. The second-order valence-electron chi connectivity index (χ2n) is 10.2. The van der Waals surface area contributed by atoms with Gasteiger partial charge in [-0.15, -0.1) is 0 Å². The van der Waals surface area contributed by atoms with E-state index in [1.54, 1.807) is 7.11 Å². The van der Waals surface area contributed by atoms with Crippen LogP contribution in [0, 0.1) is 23.2 Å². The molecule has 0 unspecified atom stereocenters. The Morgan fingerprint density at radius 2 is 1.91 bits per heavy atom. The van der Waals surface area contributed by atoms with Gasteiger partial charge in [0, 0.05) is 28.0 Å². The first-order chi connectivity index (χ1) is 15.7. The van der Waals surface area contributed by atoms with Crippen LogP contribution >= 0.6 is 11.6 Å². The fraction of sp³-hybridized carbons (Fsp3) is 0.600. The van der Waals surface area contributed by atoms with Gasteiger partial charge in [-0.3, -0.25) is 9.59 Å². The number of carbonyl (C=O) groups excluding carboxylic acids is 2. The predicted molar refractivity (Wildman–Crippen MR) is 119 cm³/mol. The highest BCUT2D eigenvalue weighted by Crippen LogP contribution is 2.79. The molecule has 0 N–H and O–H groups in total. The lowest BCUT2D eigenvalue weighted by atomic mass is 9.31. The molecule has 1 saturated heterocycles. The molecule has 0 radical (unpaired) electrons. The summed E-state index contributed by atoms with van der Waals surface area (Å²) >= 11 is 7.01. The highest BCUT2D eigenvalue weighted by Gasteiger charge is 2.85. The first-order valence-corrected chi connectivity index (χ1v) is 11.7. The third-order valence-corrected chi connectivity index (χ3v) is 9.86. The largest absolute Gasteiger partial charge is 0.493 e. The number of ether oxygens (including phenoxy) is 4. The summed E-state index contributed by atoms with van der Waals surface area (Å²) in [5.41, 5.74) is 0.106. The first kappa shape index (κ1) is 21.3. The van der Waals surface area contributed by atoms with Crippen LogP contribution in [0.2, 0.25) is 0 Å². The van der Waals surface area contributed by atoms with E-state index >= 15 is 0 Å². The molecule has 7 nitrogen and oxygen atoms in total. The number of rotatable bonds is 3. The average Bonchev–Trinajstić information content (AvgIpc) is 3.08. The van der Waals surface area contributed by atoms with Crippen LogP contribution in [0.4, 0.5) is 0 Å². The number of likely N-dealkylation sites (tertiary alicyclic amines) is 1. The van der Waals surface area contributed by atoms with E-state index in [0.717, 1.165) is 18.5 Å². The maximum absolute atomic E-state index is 13.6. The molecule has 8 heteroatoms. The molecule has 6 aliphatic rings. The van der Waals surface area contributed by atoms with Crippen molar-refractivity contribution >= 4 is 23.5 Å². The zero-order valence-electron chi connectivity index (χ0n) is 19.4. The molecule has 2 fully saturated rings. The summed E-state index contributed by atoms with van der Waals surface area (Å²) in [5, 5.41) is 0.555. The molecule has 7 rings (SSSR count). The zero-order chi connectivity index (χ0) is 23.5. The van der Waals surface area contributed by atoms with Gasteiger partial charge in [0.1, 0.15) is 5.60 Å². The third kappa shape index (κ3) is 2.01. The number of piperidine rings is 1. The first-order valence-electron chi connectivity index (χ1n) is 11.4. The van der Waals surface area contributed by atoms with Crippen molar-refractivity contribution in [1.29, 1.82) is 0 Å². The molecule has 1 saturated carbocycles. The molecule has 33 heavy (non-hydrogen) atoms. The molecule has 176 valence electrons. The number of hydrogen-bond acceptors (Lipinski definition) is 7. The Morgan fingerprint density at radius 3 is 2.58 bits per heavy atom. The monoisotopic (exact) mass is 473 g/mol. The number of likely N-dealkylation sites (N-methyl/N-ethyl adjacent to an activating group) is 1. The summed E-state index contributed by atoms with van der Waals surface area (Å²) in [6.45, 7) is 2.90. The summed E-state index contributed by atoms with van der Waals surface area (Å²) in [6.07, 6.45) is 3.54. The van der Waals surface area contributed by atoms with E-state index in [0.29, 0.717) is 23.0 Å². The number of carbonyl (C=O) groups is 2. The van der Waals surface area contributed by atoms with Crippen LogP contribution in [-0.2, 0) is 30.9 Å². The van der Waals surface area contributed by atoms with Crippen molar-refractivity contribution < 1.29 is 28.5 Å². The van der Waals surface area contributed by atoms with Crippen LogP contribution in [0.3, 0.4) is 0 Å². The van der Waals surface area contributed by atoms with Gasteiger partial charge in [-0.05, 0) is 45.0 Å². The van der Waals surface area contributed by atoms with Gasteiger partial charge >= 0.3 is 11.9 Å². The normalized spacial score (nSPS) is 41.6. The second kappa shape index (κ2) is 6.45. The standard InChI is InChI=1S/C25H28ClNO6/c1-23-18-13(26)11-24(19(22(29)32-5)16(18)21(28)31-4)15-10-12-6-7-14(30-3)20(33-23)17(12)25(23,24)8-9-27(15)2/h6-7,11,15-16,18-19H,8-10H2,1-5H3/t15-,16+,18-,19-,23+,24-,25+/m1/s1. The maximum atomic E-state index is 13.6. The summed E-state index contributed by atoms with van der Waals surface area (Å²) in [6, 6.07) is 4.00. The van der Waals surface area contributed by atoms with Gasteiger partial charge in [-0.1, -0.05) is 23.7 Å². The summed E-state index contributed by atoms with van der Waals surface area (Å²) in [7, 11) is 6.45. The molecular weight excluding hydrogens is 446 g/mol. The minimum Gasteiger partial charge on any atom is -0.493 e. The molecule has 4 aliphatic carbocycles. The third-order valence-electron chi connectivity index (χ3n) is 9.52. The number of fused-ring (bicyclic) bond motifs is 1. The maximum Gasteiger partial charge on any atom is 0.310 e. The highest BCUT2D eigenvalue weighted by atomic mass is 35.5. The molecule has 1 aromatic rings. The molecule has 2 spiro atoms. The van der Waals surface area contributed by atoms with Gasteiger partial charge in [0.25, 0.3) is 0 Å². The van der Waals surface area contributed by atoms with E-state index < -0.39 is 46.1 Å². The highest BCUT2D eigenvalue weighted by molar-refractivity contribution is 6.30. The number of methoxy groups -OCH3 is 3. The van der Waals surface area contributed by atoms with E-state index in [2.05, 4.69) is 31.0 Å². The van der Waals surface area contributed by atoms with Crippen molar-refractivity contribution in [2.75, 3.05) is 34.9 Å². The smallest absolute Gasteiger partial charge is 0.310 e. The predicted octanol–water partition coefficient (Wildman–Crippen LogP) is 2.68. The quantitative estimate of drug-likeness (QED) is 0.625. The minimum absolute atomic E-state index is 0.0627. The number of benzene rings is 1. The minimum atomic E-state index is -0.853. The SMILES string of the molecule is COC(=O)[C@H]1[C@H]2C(Cl)=C[C@]3([C@H]1C(=O)OC)[C@H]1Cc4ccc(OC)c5c4[C@@]3(CCN1C)[C@@]2(C)O5. The van der Waals surface area contributed by atoms with Crippen LogP contribution in [0.15, 0.2) is 23.2 Å². The zero-order valence-corrected chi connectivity index (χ0v) is 20.2. The van der Waals surface area contributed by atoms with Gasteiger partial charge in [0.2, 0.25) is 0 Å². The molecule has 0 aromatic heterocycles. The Bertz CT molecular complexity index is 1130. The Morgan fingerprint density at radius 1 is 1.18 bits per heavy atom. The Kier molecular flexibility index (Phi) is 4.16. The molecule has 2 aliphatic heterocycles. The summed E-state index contributed by atoms with van der Waals surface area (Å²) in [4.78, 5) is 29.2. The molecule has 0 amide bonds. The van der Waals surface area contributed by atoms with Gasteiger partial charge in [-0.2, -0.15) is 0 Å². The molecular formula is C25H28ClNO6. The van der Waals surface area contributed by atoms with E-state index in [1.807, 2.05) is 6.07 Å². The van der Waals surface area contributed by atoms with Crippen molar-refractivity contribution in [2.45, 2.75) is 36.8 Å². The second-order valence-corrected chi connectivity index (χ2v) is 10.6. The van der Waals surface area contributed by atoms with E-state index in [-0.39, 0.29) is 6.04 Å². The van der Waals surface area contributed by atoms with E-state index in [4.69, 9.17) is 30.5 Å². The van der Waals surface area contributed by atoms with Crippen molar-refractivity contribution in [3.8, 4) is 11.5 Å². The average molecular weight is 474 g/mol. The van der Waals surface area contributed by atoms with Gasteiger partial charge in [0.05, 0.1) is 38.6 Å². The van der Waals surface area contributed by atoms with E-state index in [9.17, 15) is 9.59 Å².